The highest BCUT2D eigenvalue weighted by molar-refractivity contribution is 4.93. The molecule has 0 spiro atoms. The third-order valence-electron chi connectivity index (χ3n) is 1.65. The van der Waals surface area contributed by atoms with Crippen molar-refractivity contribution in [2.45, 2.75) is 19.4 Å². The molecule has 1 rings (SSSR count). The van der Waals surface area contributed by atoms with E-state index >= 15 is 0 Å². The van der Waals surface area contributed by atoms with Crippen LogP contribution in [0.25, 0.3) is 0 Å². The molecular formula is C7H14N4O. The van der Waals surface area contributed by atoms with Crippen LogP contribution < -0.4 is 5.73 Å². The Morgan fingerprint density at radius 2 is 2.42 bits per heavy atom. The second-order valence-electron chi connectivity index (χ2n) is 2.56. The van der Waals surface area contributed by atoms with E-state index in [4.69, 9.17) is 10.5 Å². The minimum Gasteiger partial charge on any atom is -0.374 e. The van der Waals surface area contributed by atoms with Crippen LogP contribution in [0.4, 0.5) is 0 Å². The number of H-pyrrole nitrogens is 1. The number of hydrogen-bond acceptors (Lipinski definition) is 4. The van der Waals surface area contributed by atoms with E-state index in [0.29, 0.717) is 12.4 Å². The molecule has 0 amide bonds. The molecule has 0 saturated heterocycles. The maximum atomic E-state index is 5.36. The summed E-state index contributed by atoms with van der Waals surface area (Å²) in [5, 5.41) is 6.79. The molecule has 1 atom stereocenters. The number of nitrogens with zero attached hydrogens (tertiary/aromatic N) is 2. The fourth-order valence-electron chi connectivity index (χ4n) is 0.846. The Labute approximate surface area is 71.3 Å². The Hall–Kier alpha value is -0.940. The van der Waals surface area contributed by atoms with Crippen molar-refractivity contribution in [3.8, 4) is 0 Å². The number of methoxy groups -OCH3 is 1. The molecule has 0 radical (unpaired) electrons. The van der Waals surface area contributed by atoms with Crippen LogP contribution in [0.15, 0.2) is 0 Å². The van der Waals surface area contributed by atoms with Crippen molar-refractivity contribution >= 4 is 0 Å². The van der Waals surface area contributed by atoms with Gasteiger partial charge in [0.15, 0.2) is 5.82 Å². The molecular weight excluding hydrogens is 156 g/mol. The van der Waals surface area contributed by atoms with Crippen molar-refractivity contribution in [3.05, 3.63) is 11.6 Å². The average molecular weight is 170 g/mol. The van der Waals surface area contributed by atoms with E-state index in [2.05, 4.69) is 15.2 Å². The Morgan fingerprint density at radius 3 is 3.00 bits per heavy atom. The number of nitrogens with one attached hydrogen (secondary N) is 1. The number of ether oxygens (including phenoxy) is 1. The van der Waals surface area contributed by atoms with Gasteiger partial charge in [-0.05, 0) is 13.5 Å². The standard InChI is InChI=1S/C7H14N4O/c1-5(12-2)7-9-6(3-4-8)10-11-7/h5H,3-4,8H2,1-2H3,(H,9,10,11). The predicted octanol–water partition coefficient (Wildman–Crippen LogP) is 0.0133. The van der Waals surface area contributed by atoms with Gasteiger partial charge in [0.25, 0.3) is 0 Å². The Morgan fingerprint density at radius 1 is 1.67 bits per heavy atom. The smallest absolute Gasteiger partial charge is 0.179 e. The summed E-state index contributed by atoms with van der Waals surface area (Å²) >= 11 is 0. The fraction of sp³-hybridized carbons (Fsp3) is 0.714. The van der Waals surface area contributed by atoms with Crippen LogP contribution in [0, 0.1) is 0 Å². The molecule has 1 aromatic rings. The van der Waals surface area contributed by atoms with E-state index in [1.54, 1.807) is 7.11 Å². The maximum absolute atomic E-state index is 5.36. The van der Waals surface area contributed by atoms with Gasteiger partial charge >= 0.3 is 0 Å². The van der Waals surface area contributed by atoms with Gasteiger partial charge in [0.2, 0.25) is 0 Å². The number of hydrogen-bond donors (Lipinski definition) is 2. The average Bonchev–Trinajstić information content (AvgIpc) is 2.52. The van der Waals surface area contributed by atoms with E-state index in [0.717, 1.165) is 12.2 Å². The molecule has 68 valence electrons. The van der Waals surface area contributed by atoms with Gasteiger partial charge in [-0.25, -0.2) is 4.98 Å². The summed E-state index contributed by atoms with van der Waals surface area (Å²) < 4.78 is 5.05. The molecule has 5 heteroatoms. The zero-order valence-corrected chi connectivity index (χ0v) is 7.37. The van der Waals surface area contributed by atoms with Gasteiger partial charge in [0.05, 0.1) is 0 Å². The molecule has 0 aliphatic carbocycles. The molecule has 0 aliphatic heterocycles. The zero-order chi connectivity index (χ0) is 8.97. The predicted molar refractivity (Wildman–Crippen MR) is 44.6 cm³/mol. The zero-order valence-electron chi connectivity index (χ0n) is 7.37. The lowest BCUT2D eigenvalue weighted by molar-refractivity contribution is 0.112. The van der Waals surface area contributed by atoms with Gasteiger partial charge in [0.1, 0.15) is 11.9 Å². The number of rotatable bonds is 4. The lowest BCUT2D eigenvalue weighted by Gasteiger charge is -2.01. The highest BCUT2D eigenvalue weighted by Gasteiger charge is 2.09. The van der Waals surface area contributed by atoms with Crippen LogP contribution in [0.3, 0.4) is 0 Å². The van der Waals surface area contributed by atoms with E-state index in [-0.39, 0.29) is 6.10 Å². The van der Waals surface area contributed by atoms with Crippen molar-refractivity contribution in [3.63, 3.8) is 0 Å². The lowest BCUT2D eigenvalue weighted by Crippen LogP contribution is -2.04. The number of aromatic amines is 1. The molecule has 0 aliphatic rings. The fourth-order valence-corrected chi connectivity index (χ4v) is 0.846. The van der Waals surface area contributed by atoms with Gasteiger partial charge < -0.3 is 10.5 Å². The molecule has 0 aromatic carbocycles. The van der Waals surface area contributed by atoms with E-state index < -0.39 is 0 Å². The summed E-state index contributed by atoms with van der Waals surface area (Å²) in [4.78, 5) is 4.20. The van der Waals surface area contributed by atoms with Crippen LogP contribution >= 0.6 is 0 Å². The Kier molecular flexibility index (Phi) is 3.19. The van der Waals surface area contributed by atoms with Crippen molar-refractivity contribution < 1.29 is 4.74 Å². The van der Waals surface area contributed by atoms with Crippen LogP contribution in [-0.2, 0) is 11.2 Å². The highest BCUT2D eigenvalue weighted by atomic mass is 16.5. The summed E-state index contributed by atoms with van der Waals surface area (Å²) in [5.41, 5.74) is 5.36. The van der Waals surface area contributed by atoms with Crippen molar-refractivity contribution in [2.24, 2.45) is 5.73 Å². The molecule has 3 N–H and O–H groups in total. The first kappa shape index (κ1) is 9.15. The Bertz CT molecular complexity index is 235. The van der Waals surface area contributed by atoms with Crippen molar-refractivity contribution in [2.75, 3.05) is 13.7 Å². The molecule has 0 fully saturated rings. The highest BCUT2D eigenvalue weighted by Crippen LogP contribution is 2.09. The second-order valence-corrected chi connectivity index (χ2v) is 2.56. The van der Waals surface area contributed by atoms with Gasteiger partial charge in [-0.3, -0.25) is 5.10 Å². The first-order chi connectivity index (χ1) is 5.77. The molecule has 1 heterocycles. The van der Waals surface area contributed by atoms with Crippen LogP contribution in [0.2, 0.25) is 0 Å². The summed E-state index contributed by atoms with van der Waals surface area (Å²) in [6.07, 6.45) is 0.663. The minimum atomic E-state index is -0.0622. The summed E-state index contributed by atoms with van der Waals surface area (Å²) in [5.74, 6) is 1.50. The quantitative estimate of drug-likeness (QED) is 0.667. The summed E-state index contributed by atoms with van der Waals surface area (Å²) in [6.45, 7) is 2.48. The summed E-state index contributed by atoms with van der Waals surface area (Å²) in [6, 6.07) is 0. The van der Waals surface area contributed by atoms with Crippen molar-refractivity contribution in [1.29, 1.82) is 0 Å². The van der Waals surface area contributed by atoms with E-state index in [9.17, 15) is 0 Å². The van der Waals surface area contributed by atoms with Crippen LogP contribution in [0.1, 0.15) is 24.7 Å². The van der Waals surface area contributed by atoms with E-state index in [1.807, 2.05) is 6.92 Å². The largest absolute Gasteiger partial charge is 0.374 e. The molecule has 0 saturated carbocycles. The molecule has 12 heavy (non-hydrogen) atoms. The molecule has 5 nitrogen and oxygen atoms in total. The maximum Gasteiger partial charge on any atom is 0.179 e. The van der Waals surface area contributed by atoms with Gasteiger partial charge in [0, 0.05) is 13.5 Å². The Balaban J connectivity index is 2.63. The van der Waals surface area contributed by atoms with Gasteiger partial charge in [-0.15, -0.1) is 0 Å². The van der Waals surface area contributed by atoms with Gasteiger partial charge in [-0.2, -0.15) is 5.10 Å². The normalized spacial score (nSPS) is 13.2. The topological polar surface area (TPSA) is 76.8 Å². The van der Waals surface area contributed by atoms with Crippen LogP contribution in [0.5, 0.6) is 0 Å². The molecule has 1 unspecified atom stereocenters. The lowest BCUT2D eigenvalue weighted by atomic mass is 10.4. The van der Waals surface area contributed by atoms with Crippen molar-refractivity contribution in [1.82, 2.24) is 15.2 Å². The molecule has 0 bridgehead atoms. The monoisotopic (exact) mass is 170 g/mol. The third-order valence-corrected chi connectivity index (χ3v) is 1.65. The SMILES string of the molecule is COC(C)c1n[nH]c(CCN)n1. The molecule has 1 aromatic heterocycles. The number of nitrogens with two attached hydrogens (primary N) is 1. The number of aromatic nitrogens is 3. The first-order valence-corrected chi connectivity index (χ1v) is 3.92. The van der Waals surface area contributed by atoms with Crippen LogP contribution in [-0.4, -0.2) is 28.8 Å². The first-order valence-electron chi connectivity index (χ1n) is 3.92. The van der Waals surface area contributed by atoms with Gasteiger partial charge in [-0.1, -0.05) is 0 Å². The minimum absolute atomic E-state index is 0.0622. The van der Waals surface area contributed by atoms with E-state index in [1.165, 1.54) is 0 Å². The third kappa shape index (κ3) is 2.02. The summed E-state index contributed by atoms with van der Waals surface area (Å²) in [7, 11) is 1.63. The second kappa shape index (κ2) is 4.18.